The third-order valence-electron chi connectivity index (χ3n) is 3.19. The lowest BCUT2D eigenvalue weighted by Crippen LogP contribution is -2.39. The molecule has 0 aliphatic heterocycles. The van der Waals surface area contributed by atoms with E-state index in [0.717, 1.165) is 13.1 Å². The molecule has 1 unspecified atom stereocenters. The van der Waals surface area contributed by atoms with Gasteiger partial charge in [-0.15, -0.1) is 0 Å². The Kier molecular flexibility index (Phi) is 4.93. The Morgan fingerprint density at radius 1 is 1.19 bits per heavy atom. The lowest BCUT2D eigenvalue weighted by Gasteiger charge is -2.14. The predicted molar refractivity (Wildman–Crippen MR) is 69.4 cm³/mol. The van der Waals surface area contributed by atoms with Crippen molar-refractivity contribution in [2.45, 2.75) is 33.4 Å². The summed E-state index contributed by atoms with van der Waals surface area (Å²) in [6.45, 7) is 8.63. The van der Waals surface area contributed by atoms with Crippen LogP contribution in [0.1, 0.15) is 22.3 Å². The molecule has 0 aliphatic carbocycles. The second-order valence-corrected chi connectivity index (χ2v) is 4.42. The van der Waals surface area contributed by atoms with Crippen molar-refractivity contribution in [2.24, 2.45) is 11.5 Å². The van der Waals surface area contributed by atoms with Gasteiger partial charge in [0.15, 0.2) is 0 Å². The highest BCUT2D eigenvalue weighted by Gasteiger charge is 2.04. The van der Waals surface area contributed by atoms with Crippen LogP contribution in [-0.4, -0.2) is 19.1 Å². The number of benzene rings is 1. The van der Waals surface area contributed by atoms with Gasteiger partial charge in [-0.1, -0.05) is 12.1 Å². The summed E-state index contributed by atoms with van der Waals surface area (Å²) >= 11 is 0. The van der Waals surface area contributed by atoms with E-state index in [1.807, 2.05) is 0 Å². The maximum atomic E-state index is 5.74. The van der Waals surface area contributed by atoms with Gasteiger partial charge >= 0.3 is 0 Å². The number of hydrogen-bond donors (Lipinski definition) is 3. The number of nitrogens with two attached hydrogens (primary N) is 2. The van der Waals surface area contributed by atoms with E-state index in [-0.39, 0.29) is 6.04 Å². The maximum absolute atomic E-state index is 5.74. The predicted octanol–water partition coefficient (Wildman–Crippen LogP) is 0.987. The number of aryl methyl sites for hydroxylation is 1. The minimum absolute atomic E-state index is 0.0480. The van der Waals surface area contributed by atoms with Gasteiger partial charge in [-0.2, -0.15) is 0 Å². The molecule has 0 heterocycles. The first-order chi connectivity index (χ1) is 7.56. The standard InChI is InChI=1S/C13H23N3/c1-9-4-5-12(11(3)10(9)2)7-16-8-13(15)6-14/h4-5,13,16H,6-8,14-15H2,1-3H3. The molecular formula is C13H23N3. The van der Waals surface area contributed by atoms with E-state index in [1.165, 1.54) is 22.3 Å². The summed E-state index contributed by atoms with van der Waals surface area (Å²) in [4.78, 5) is 0. The molecule has 3 nitrogen and oxygen atoms in total. The van der Waals surface area contributed by atoms with Crippen LogP contribution in [0.3, 0.4) is 0 Å². The topological polar surface area (TPSA) is 64.1 Å². The summed E-state index contributed by atoms with van der Waals surface area (Å²) < 4.78 is 0. The highest BCUT2D eigenvalue weighted by molar-refractivity contribution is 5.38. The fourth-order valence-electron chi connectivity index (χ4n) is 1.68. The fourth-order valence-corrected chi connectivity index (χ4v) is 1.68. The van der Waals surface area contributed by atoms with Crippen LogP contribution in [0.5, 0.6) is 0 Å². The monoisotopic (exact) mass is 221 g/mol. The van der Waals surface area contributed by atoms with Crippen molar-refractivity contribution in [3.63, 3.8) is 0 Å². The van der Waals surface area contributed by atoms with Crippen molar-refractivity contribution >= 4 is 0 Å². The zero-order valence-corrected chi connectivity index (χ0v) is 10.5. The summed E-state index contributed by atoms with van der Waals surface area (Å²) in [7, 11) is 0. The van der Waals surface area contributed by atoms with Crippen LogP contribution < -0.4 is 16.8 Å². The summed E-state index contributed by atoms with van der Waals surface area (Å²) in [5.74, 6) is 0. The van der Waals surface area contributed by atoms with E-state index in [0.29, 0.717) is 6.54 Å². The van der Waals surface area contributed by atoms with Crippen LogP contribution in [0.15, 0.2) is 12.1 Å². The summed E-state index contributed by atoms with van der Waals surface area (Å²) in [5, 5.41) is 3.33. The molecule has 90 valence electrons. The average Bonchev–Trinajstić information content (AvgIpc) is 2.29. The SMILES string of the molecule is Cc1ccc(CNCC(N)CN)c(C)c1C. The van der Waals surface area contributed by atoms with Gasteiger partial charge in [0.1, 0.15) is 0 Å². The highest BCUT2D eigenvalue weighted by atomic mass is 14.9. The van der Waals surface area contributed by atoms with Crippen molar-refractivity contribution in [2.75, 3.05) is 13.1 Å². The van der Waals surface area contributed by atoms with Crippen molar-refractivity contribution in [1.29, 1.82) is 0 Å². The van der Waals surface area contributed by atoms with Gasteiger partial charge in [0.2, 0.25) is 0 Å². The first-order valence-electron chi connectivity index (χ1n) is 5.78. The van der Waals surface area contributed by atoms with Crippen LogP contribution in [0.25, 0.3) is 0 Å². The fraction of sp³-hybridized carbons (Fsp3) is 0.538. The summed E-state index contributed by atoms with van der Waals surface area (Å²) in [5.41, 5.74) is 16.6. The molecule has 0 amide bonds. The highest BCUT2D eigenvalue weighted by Crippen LogP contribution is 2.16. The molecule has 0 fully saturated rings. The third-order valence-corrected chi connectivity index (χ3v) is 3.19. The van der Waals surface area contributed by atoms with E-state index < -0.39 is 0 Å². The van der Waals surface area contributed by atoms with Gasteiger partial charge in [0.25, 0.3) is 0 Å². The summed E-state index contributed by atoms with van der Waals surface area (Å²) in [6, 6.07) is 4.40. The first-order valence-corrected chi connectivity index (χ1v) is 5.78. The molecule has 3 heteroatoms. The molecule has 1 rings (SSSR count). The van der Waals surface area contributed by atoms with Crippen LogP contribution in [0.4, 0.5) is 0 Å². The Balaban J connectivity index is 2.58. The second-order valence-electron chi connectivity index (χ2n) is 4.42. The quantitative estimate of drug-likeness (QED) is 0.694. The number of hydrogen-bond acceptors (Lipinski definition) is 3. The molecule has 1 aromatic rings. The van der Waals surface area contributed by atoms with Gasteiger partial charge in [-0.05, 0) is 43.0 Å². The van der Waals surface area contributed by atoms with Crippen molar-refractivity contribution in [3.05, 3.63) is 34.4 Å². The lowest BCUT2D eigenvalue weighted by molar-refractivity contribution is 0.581. The Hall–Kier alpha value is -0.900. The molecule has 1 aromatic carbocycles. The zero-order chi connectivity index (χ0) is 12.1. The van der Waals surface area contributed by atoms with Gasteiger partial charge in [-0.3, -0.25) is 0 Å². The minimum Gasteiger partial charge on any atom is -0.329 e. The minimum atomic E-state index is 0.0480. The van der Waals surface area contributed by atoms with Gasteiger partial charge in [-0.25, -0.2) is 0 Å². The molecule has 1 atom stereocenters. The zero-order valence-electron chi connectivity index (χ0n) is 10.5. The molecule has 0 bridgehead atoms. The first kappa shape index (κ1) is 13.2. The number of nitrogens with one attached hydrogen (secondary N) is 1. The van der Waals surface area contributed by atoms with E-state index in [4.69, 9.17) is 11.5 Å². The van der Waals surface area contributed by atoms with Crippen molar-refractivity contribution in [3.8, 4) is 0 Å². The smallest absolute Gasteiger partial charge is 0.0290 e. The Bertz CT molecular complexity index is 347. The van der Waals surface area contributed by atoms with E-state index in [9.17, 15) is 0 Å². The second kappa shape index (κ2) is 5.99. The van der Waals surface area contributed by atoms with Crippen molar-refractivity contribution < 1.29 is 0 Å². The molecular weight excluding hydrogens is 198 g/mol. The normalized spacial score (nSPS) is 12.8. The molecule has 0 radical (unpaired) electrons. The Morgan fingerprint density at radius 2 is 1.88 bits per heavy atom. The van der Waals surface area contributed by atoms with Gasteiger partial charge in [0.05, 0.1) is 0 Å². The third kappa shape index (κ3) is 3.30. The van der Waals surface area contributed by atoms with E-state index in [1.54, 1.807) is 0 Å². The molecule has 0 aromatic heterocycles. The summed E-state index contributed by atoms with van der Waals surface area (Å²) in [6.07, 6.45) is 0. The molecule has 0 aliphatic rings. The number of rotatable bonds is 5. The Morgan fingerprint density at radius 3 is 2.50 bits per heavy atom. The van der Waals surface area contributed by atoms with Crippen LogP contribution in [-0.2, 0) is 6.54 Å². The molecule has 16 heavy (non-hydrogen) atoms. The van der Waals surface area contributed by atoms with E-state index >= 15 is 0 Å². The van der Waals surface area contributed by atoms with Gasteiger partial charge in [0, 0.05) is 25.7 Å². The molecule has 0 saturated heterocycles. The van der Waals surface area contributed by atoms with Crippen LogP contribution >= 0.6 is 0 Å². The lowest BCUT2D eigenvalue weighted by atomic mass is 9.99. The average molecular weight is 221 g/mol. The van der Waals surface area contributed by atoms with Gasteiger partial charge < -0.3 is 16.8 Å². The molecule has 0 saturated carbocycles. The van der Waals surface area contributed by atoms with Crippen molar-refractivity contribution in [1.82, 2.24) is 5.32 Å². The van der Waals surface area contributed by atoms with Crippen LogP contribution in [0.2, 0.25) is 0 Å². The Labute approximate surface area is 98.2 Å². The maximum Gasteiger partial charge on any atom is 0.0290 e. The largest absolute Gasteiger partial charge is 0.329 e. The molecule has 0 spiro atoms. The van der Waals surface area contributed by atoms with Crippen LogP contribution in [0, 0.1) is 20.8 Å². The molecule has 5 N–H and O–H groups in total. The van der Waals surface area contributed by atoms with E-state index in [2.05, 4.69) is 38.2 Å².